The Morgan fingerprint density at radius 3 is 2.76 bits per heavy atom. The minimum atomic E-state index is -0.475. The van der Waals surface area contributed by atoms with E-state index in [0.29, 0.717) is 12.3 Å². The summed E-state index contributed by atoms with van der Waals surface area (Å²) < 4.78 is 13.9. The molecule has 3 aliphatic rings. The van der Waals surface area contributed by atoms with Crippen LogP contribution in [-0.4, -0.2) is 30.9 Å². The topological polar surface area (TPSA) is 52.7 Å². The number of anilines is 2. The summed E-state index contributed by atoms with van der Waals surface area (Å²) in [6.07, 6.45) is 9.02. The lowest BCUT2D eigenvalue weighted by molar-refractivity contribution is -0.124. The molecule has 2 saturated carbocycles. The third-order valence-electron chi connectivity index (χ3n) is 7.51. The molecule has 1 aromatic carbocycles. The molecule has 1 aliphatic heterocycles. The highest BCUT2D eigenvalue weighted by Crippen LogP contribution is 2.41. The van der Waals surface area contributed by atoms with Gasteiger partial charge in [-0.3, -0.25) is 14.5 Å². The van der Waals surface area contributed by atoms with E-state index in [1.165, 1.54) is 18.9 Å². The molecule has 2 aromatic rings. The van der Waals surface area contributed by atoms with Gasteiger partial charge in [0.05, 0.1) is 16.1 Å². The molecule has 182 valence electrons. The molecule has 5 rings (SSSR count). The predicted octanol–water partition coefficient (Wildman–Crippen LogP) is 5.85. The molecule has 8 heteroatoms. The Labute approximate surface area is 209 Å². The minimum Gasteiger partial charge on any atom is -0.363 e. The molecule has 2 amide bonds. The SMILES string of the molecule is CC(c1ccc(N(C=O)[C@@H](CC2CCCC2)C(=O)NC2CC2)s1)N1CCc2cc(F)c(Cl)cc21. The fraction of sp³-hybridized carbons (Fsp3) is 0.538. The van der Waals surface area contributed by atoms with Crippen molar-refractivity contribution in [1.82, 2.24) is 5.32 Å². The molecule has 0 spiro atoms. The molecule has 1 N–H and O–H groups in total. The van der Waals surface area contributed by atoms with Crippen LogP contribution in [0.3, 0.4) is 0 Å². The Balaban J connectivity index is 1.36. The van der Waals surface area contributed by atoms with E-state index < -0.39 is 6.04 Å². The second-order valence-electron chi connectivity index (χ2n) is 9.89. The monoisotopic (exact) mass is 503 g/mol. The molecular formula is C26H31ClFN3O2S. The standard InChI is InChI=1S/C26H31ClFN3O2S/c1-16(30-11-10-18-13-21(28)20(27)14-22(18)30)24-8-9-25(34-24)31(15-32)23(12-17-4-2-3-5-17)26(33)29-19-6-7-19/h8-9,13-17,19,23H,2-7,10-12H2,1H3,(H,29,33)/t16?,23-/m0/s1. The van der Waals surface area contributed by atoms with Gasteiger partial charge in [-0.25, -0.2) is 4.39 Å². The van der Waals surface area contributed by atoms with Gasteiger partial charge >= 0.3 is 0 Å². The van der Waals surface area contributed by atoms with Crippen molar-refractivity contribution >= 4 is 45.9 Å². The van der Waals surface area contributed by atoms with Gasteiger partial charge < -0.3 is 10.2 Å². The zero-order valence-electron chi connectivity index (χ0n) is 19.4. The van der Waals surface area contributed by atoms with E-state index in [4.69, 9.17) is 11.6 Å². The normalized spacial score (nSPS) is 19.7. The Morgan fingerprint density at radius 1 is 1.29 bits per heavy atom. The molecule has 34 heavy (non-hydrogen) atoms. The van der Waals surface area contributed by atoms with Crippen molar-refractivity contribution < 1.29 is 14.0 Å². The third-order valence-corrected chi connectivity index (χ3v) is 9.07. The van der Waals surface area contributed by atoms with Crippen LogP contribution in [0.15, 0.2) is 24.3 Å². The zero-order valence-corrected chi connectivity index (χ0v) is 21.0. The number of benzene rings is 1. The highest BCUT2D eigenvalue weighted by Gasteiger charge is 2.35. The average Bonchev–Trinajstić information content (AvgIpc) is 3.22. The molecule has 0 saturated heterocycles. The van der Waals surface area contributed by atoms with Crippen LogP contribution >= 0.6 is 22.9 Å². The van der Waals surface area contributed by atoms with Crippen molar-refractivity contribution in [2.75, 3.05) is 16.3 Å². The first-order valence-electron chi connectivity index (χ1n) is 12.3. The van der Waals surface area contributed by atoms with Crippen molar-refractivity contribution in [2.45, 2.75) is 76.4 Å². The summed E-state index contributed by atoms with van der Waals surface area (Å²) in [6.45, 7) is 2.90. The maximum atomic E-state index is 13.9. The van der Waals surface area contributed by atoms with Gasteiger partial charge in [-0.1, -0.05) is 37.3 Å². The van der Waals surface area contributed by atoms with E-state index in [2.05, 4.69) is 17.1 Å². The van der Waals surface area contributed by atoms with Crippen LogP contribution < -0.4 is 15.1 Å². The molecular weight excluding hydrogens is 473 g/mol. The molecule has 2 aliphatic carbocycles. The molecule has 1 unspecified atom stereocenters. The predicted molar refractivity (Wildman–Crippen MR) is 135 cm³/mol. The number of thiophene rings is 1. The zero-order chi connectivity index (χ0) is 23.8. The number of halogens is 2. The highest BCUT2D eigenvalue weighted by molar-refractivity contribution is 7.16. The van der Waals surface area contributed by atoms with Crippen molar-refractivity contribution in [3.8, 4) is 0 Å². The van der Waals surface area contributed by atoms with Gasteiger partial charge in [0.2, 0.25) is 12.3 Å². The first-order valence-corrected chi connectivity index (χ1v) is 13.5. The first-order chi connectivity index (χ1) is 16.4. The second-order valence-corrected chi connectivity index (χ2v) is 11.4. The number of carbonyl (C=O) groups excluding carboxylic acids is 2. The maximum Gasteiger partial charge on any atom is 0.243 e. The Morgan fingerprint density at radius 2 is 2.06 bits per heavy atom. The maximum absolute atomic E-state index is 13.9. The minimum absolute atomic E-state index is 0.0327. The quantitative estimate of drug-likeness (QED) is 0.436. The molecule has 0 radical (unpaired) electrons. The van der Waals surface area contributed by atoms with Crippen molar-refractivity contribution in [3.05, 3.63) is 45.5 Å². The number of nitrogens with zero attached hydrogens (tertiary/aromatic N) is 2. The number of nitrogens with one attached hydrogen (secondary N) is 1. The van der Waals surface area contributed by atoms with Gasteiger partial charge in [0.1, 0.15) is 11.9 Å². The Kier molecular flexibility index (Phi) is 6.85. The molecule has 2 heterocycles. The van der Waals surface area contributed by atoms with Gasteiger partial charge in [-0.2, -0.15) is 0 Å². The summed E-state index contributed by atoms with van der Waals surface area (Å²) >= 11 is 7.61. The van der Waals surface area contributed by atoms with Crippen LogP contribution in [0.4, 0.5) is 15.1 Å². The molecule has 0 bridgehead atoms. The Hall–Kier alpha value is -2.12. The lowest BCUT2D eigenvalue weighted by Crippen LogP contribution is -2.48. The van der Waals surface area contributed by atoms with Gasteiger partial charge in [0, 0.05) is 23.2 Å². The van der Waals surface area contributed by atoms with E-state index in [-0.39, 0.29) is 28.8 Å². The van der Waals surface area contributed by atoms with Crippen LogP contribution in [0, 0.1) is 11.7 Å². The fourth-order valence-electron chi connectivity index (χ4n) is 5.38. The second kappa shape index (κ2) is 9.86. The summed E-state index contributed by atoms with van der Waals surface area (Å²) in [6, 6.07) is 7.06. The van der Waals surface area contributed by atoms with Crippen molar-refractivity contribution in [2.24, 2.45) is 5.92 Å². The summed E-state index contributed by atoms with van der Waals surface area (Å²) in [7, 11) is 0. The van der Waals surface area contributed by atoms with E-state index in [1.807, 2.05) is 12.1 Å². The number of fused-ring (bicyclic) bond motifs is 1. The average molecular weight is 504 g/mol. The number of hydrogen-bond acceptors (Lipinski definition) is 4. The highest BCUT2D eigenvalue weighted by atomic mass is 35.5. The van der Waals surface area contributed by atoms with Crippen LogP contribution in [0.2, 0.25) is 5.02 Å². The molecule has 1 aromatic heterocycles. The summed E-state index contributed by atoms with van der Waals surface area (Å²) in [5.41, 5.74) is 1.93. The number of amides is 2. The van der Waals surface area contributed by atoms with Crippen LogP contribution in [0.1, 0.15) is 68.4 Å². The largest absolute Gasteiger partial charge is 0.363 e. The van der Waals surface area contributed by atoms with Crippen LogP contribution in [0.5, 0.6) is 0 Å². The molecule has 2 fully saturated rings. The van der Waals surface area contributed by atoms with E-state index in [0.717, 1.165) is 66.2 Å². The van der Waals surface area contributed by atoms with Gasteiger partial charge in [-0.15, -0.1) is 11.3 Å². The van der Waals surface area contributed by atoms with Gasteiger partial charge in [-0.05, 0) is 68.4 Å². The summed E-state index contributed by atoms with van der Waals surface area (Å²) in [5.74, 6) is 0.0735. The van der Waals surface area contributed by atoms with Crippen molar-refractivity contribution in [3.63, 3.8) is 0 Å². The number of rotatable bonds is 9. The number of carbonyl (C=O) groups is 2. The van der Waals surface area contributed by atoms with E-state index in [9.17, 15) is 14.0 Å². The molecule has 2 atom stereocenters. The Bertz CT molecular complexity index is 1070. The third kappa shape index (κ3) is 4.82. The summed E-state index contributed by atoms with van der Waals surface area (Å²) in [4.78, 5) is 30.4. The fourth-order valence-corrected chi connectivity index (χ4v) is 6.63. The summed E-state index contributed by atoms with van der Waals surface area (Å²) in [5, 5.41) is 4.05. The number of hydrogen-bond donors (Lipinski definition) is 1. The molecule has 5 nitrogen and oxygen atoms in total. The lowest BCUT2D eigenvalue weighted by atomic mass is 9.97. The van der Waals surface area contributed by atoms with E-state index >= 15 is 0 Å². The van der Waals surface area contributed by atoms with Crippen molar-refractivity contribution in [1.29, 1.82) is 0 Å². The van der Waals surface area contributed by atoms with E-state index in [1.54, 1.807) is 22.3 Å². The first kappa shape index (κ1) is 23.6. The van der Waals surface area contributed by atoms with Gasteiger partial charge in [0.25, 0.3) is 0 Å². The van der Waals surface area contributed by atoms with Crippen LogP contribution in [0.25, 0.3) is 0 Å². The lowest BCUT2D eigenvalue weighted by Gasteiger charge is -2.29. The smallest absolute Gasteiger partial charge is 0.243 e. The van der Waals surface area contributed by atoms with Crippen LogP contribution in [-0.2, 0) is 16.0 Å². The van der Waals surface area contributed by atoms with Gasteiger partial charge in [0.15, 0.2) is 0 Å².